The van der Waals surface area contributed by atoms with Crippen molar-refractivity contribution in [2.24, 2.45) is 4.99 Å². The minimum atomic E-state index is -4.39. The van der Waals surface area contributed by atoms with Gasteiger partial charge in [0.2, 0.25) is 0 Å². The van der Waals surface area contributed by atoms with Crippen LogP contribution < -0.4 is 0 Å². The van der Waals surface area contributed by atoms with Gasteiger partial charge in [-0.1, -0.05) is 0 Å². The molecule has 1 aromatic rings. The molecule has 0 saturated heterocycles. The van der Waals surface area contributed by atoms with E-state index in [1.807, 2.05) is 0 Å². The number of hydrogen-bond donors (Lipinski definition) is 0. The van der Waals surface area contributed by atoms with Gasteiger partial charge in [0.05, 0.1) is 11.3 Å². The van der Waals surface area contributed by atoms with Crippen molar-refractivity contribution in [1.82, 2.24) is 0 Å². The Morgan fingerprint density at radius 2 is 2.12 bits per heavy atom. The van der Waals surface area contributed by atoms with Crippen molar-refractivity contribution < 1.29 is 18.0 Å². The Labute approximate surface area is 96.2 Å². The smallest absolute Gasteiger partial charge is 0.303 e. The van der Waals surface area contributed by atoms with E-state index in [2.05, 4.69) is 4.99 Å². The first-order valence-corrected chi connectivity index (χ1v) is 5.12. The lowest BCUT2D eigenvalue weighted by Gasteiger charge is -2.20. The molecule has 0 aromatic heterocycles. The first kappa shape index (κ1) is 11.8. The second-order valence-corrected chi connectivity index (χ2v) is 4.07. The predicted molar refractivity (Wildman–Crippen MR) is 57.6 cm³/mol. The fourth-order valence-corrected chi connectivity index (χ4v) is 1.93. The zero-order valence-electron chi connectivity index (χ0n) is 9.08. The number of aliphatic imine (C=N–C) groups is 1. The minimum absolute atomic E-state index is 0.362. The van der Waals surface area contributed by atoms with E-state index in [4.69, 9.17) is 0 Å². The number of carbonyl (C=O) groups is 1. The molecule has 1 aliphatic rings. The Morgan fingerprint density at radius 1 is 1.41 bits per heavy atom. The molecule has 0 amide bonds. The van der Waals surface area contributed by atoms with Crippen LogP contribution in [0.1, 0.15) is 30.4 Å². The second kappa shape index (κ2) is 3.98. The third-order valence-electron chi connectivity index (χ3n) is 2.75. The van der Waals surface area contributed by atoms with Crippen molar-refractivity contribution in [1.29, 1.82) is 0 Å². The number of hydrogen-bond acceptors (Lipinski definition) is 2. The molecule has 0 spiro atoms. The van der Waals surface area contributed by atoms with Crippen LogP contribution in [-0.2, 0) is 11.0 Å². The van der Waals surface area contributed by atoms with Crippen molar-refractivity contribution in [2.75, 3.05) is 0 Å². The highest BCUT2D eigenvalue weighted by molar-refractivity contribution is 5.91. The Hall–Kier alpha value is -1.65. The van der Waals surface area contributed by atoms with Gasteiger partial charge in [-0.3, -0.25) is 4.99 Å². The van der Waals surface area contributed by atoms with Gasteiger partial charge < -0.3 is 4.79 Å². The monoisotopic (exact) mass is 241 g/mol. The third kappa shape index (κ3) is 2.23. The molecular weight excluding hydrogens is 231 g/mol. The maximum absolute atomic E-state index is 12.5. The fraction of sp³-hybridized carbons (Fsp3) is 0.333. The van der Waals surface area contributed by atoms with Gasteiger partial charge in [-0.2, -0.15) is 13.2 Å². The molecule has 2 nitrogen and oxygen atoms in total. The maximum atomic E-state index is 12.5. The van der Waals surface area contributed by atoms with Crippen LogP contribution in [0.15, 0.2) is 23.2 Å². The molecule has 0 saturated carbocycles. The molecule has 0 radical (unpaired) electrons. The first-order chi connectivity index (χ1) is 7.91. The molecule has 1 unspecified atom stereocenters. The average Bonchev–Trinajstić information content (AvgIpc) is 2.25. The van der Waals surface area contributed by atoms with Crippen LogP contribution in [0.4, 0.5) is 18.9 Å². The van der Waals surface area contributed by atoms with Crippen LogP contribution in [0.25, 0.3) is 0 Å². The van der Waals surface area contributed by atoms with Crippen LogP contribution in [0.3, 0.4) is 0 Å². The number of rotatable bonds is 1. The van der Waals surface area contributed by atoms with E-state index in [1.54, 1.807) is 6.92 Å². The molecule has 5 heteroatoms. The Balaban J connectivity index is 2.54. The van der Waals surface area contributed by atoms with E-state index < -0.39 is 17.7 Å². The molecule has 1 aliphatic heterocycles. The molecule has 0 aliphatic carbocycles. The molecule has 2 rings (SSSR count). The molecule has 0 N–H and O–H groups in total. The Bertz CT molecular complexity index is 491. The van der Waals surface area contributed by atoms with Gasteiger partial charge in [0.15, 0.2) is 0 Å². The zero-order chi connectivity index (χ0) is 12.6. The lowest BCUT2D eigenvalue weighted by Crippen LogP contribution is -2.13. The highest BCUT2D eigenvalue weighted by Gasteiger charge is 2.32. The summed E-state index contributed by atoms with van der Waals surface area (Å²) in [5, 5.41) is 0. The van der Waals surface area contributed by atoms with E-state index >= 15 is 0 Å². The van der Waals surface area contributed by atoms with Crippen molar-refractivity contribution >= 4 is 17.7 Å². The van der Waals surface area contributed by atoms with Crippen molar-refractivity contribution in [2.45, 2.75) is 25.4 Å². The first-order valence-electron chi connectivity index (χ1n) is 5.12. The van der Waals surface area contributed by atoms with Gasteiger partial charge >= 0.3 is 6.18 Å². The molecule has 90 valence electrons. The zero-order valence-corrected chi connectivity index (χ0v) is 9.08. The quantitative estimate of drug-likeness (QED) is 0.692. The fourth-order valence-electron chi connectivity index (χ4n) is 1.93. The van der Waals surface area contributed by atoms with Crippen LogP contribution in [0, 0.1) is 0 Å². The highest BCUT2D eigenvalue weighted by Crippen LogP contribution is 2.38. The van der Waals surface area contributed by atoms with Gasteiger partial charge in [0.25, 0.3) is 0 Å². The van der Waals surface area contributed by atoms with Crippen molar-refractivity contribution in [3.05, 3.63) is 29.3 Å². The van der Waals surface area contributed by atoms with Crippen LogP contribution >= 0.6 is 0 Å². The summed E-state index contributed by atoms with van der Waals surface area (Å²) in [5.74, 6) is -0.523. The predicted octanol–water partition coefficient (Wildman–Crippen LogP) is 3.48. The SMILES string of the molecule is CC1=Nc2ccc(C(F)(F)F)cc2C(C=O)C1. The standard InChI is InChI=1S/C12H10F3NO/c1-7-4-8(6-17)10-5-9(12(13,14)15)2-3-11(10)16-7/h2-3,5-6,8H,4H2,1H3. The lowest BCUT2D eigenvalue weighted by molar-refractivity contribution is -0.137. The number of carbonyl (C=O) groups excluding carboxylic acids is 1. The van der Waals surface area contributed by atoms with Crippen molar-refractivity contribution in [3.63, 3.8) is 0 Å². The van der Waals surface area contributed by atoms with Gasteiger partial charge in [-0.05, 0) is 37.1 Å². The number of nitrogens with zero attached hydrogens (tertiary/aromatic N) is 1. The second-order valence-electron chi connectivity index (χ2n) is 4.07. The normalized spacial score (nSPS) is 19.5. The number of aldehydes is 1. The minimum Gasteiger partial charge on any atom is -0.303 e. The van der Waals surface area contributed by atoms with Gasteiger partial charge in [-0.25, -0.2) is 0 Å². The van der Waals surface area contributed by atoms with Gasteiger partial charge in [0, 0.05) is 11.6 Å². The molecular formula is C12H10F3NO. The number of benzene rings is 1. The summed E-state index contributed by atoms with van der Waals surface area (Å²) in [6, 6.07) is 3.32. The summed E-state index contributed by atoms with van der Waals surface area (Å²) in [7, 11) is 0. The highest BCUT2D eigenvalue weighted by atomic mass is 19.4. The van der Waals surface area contributed by atoms with Crippen molar-refractivity contribution in [3.8, 4) is 0 Å². The molecule has 0 fully saturated rings. The largest absolute Gasteiger partial charge is 0.416 e. The van der Waals surface area contributed by atoms with E-state index in [-0.39, 0.29) is 0 Å². The summed E-state index contributed by atoms with van der Waals surface area (Å²) in [4.78, 5) is 15.1. The van der Waals surface area contributed by atoms with E-state index in [9.17, 15) is 18.0 Å². The van der Waals surface area contributed by atoms with Crippen LogP contribution in [0.5, 0.6) is 0 Å². The van der Waals surface area contributed by atoms with Gasteiger partial charge in [0.1, 0.15) is 6.29 Å². The lowest BCUT2D eigenvalue weighted by atomic mass is 9.90. The Morgan fingerprint density at radius 3 is 2.71 bits per heavy atom. The maximum Gasteiger partial charge on any atom is 0.416 e. The molecule has 1 atom stereocenters. The third-order valence-corrected chi connectivity index (χ3v) is 2.75. The summed E-state index contributed by atoms with van der Waals surface area (Å²) < 4.78 is 37.6. The number of alkyl halides is 3. The van der Waals surface area contributed by atoms with Gasteiger partial charge in [-0.15, -0.1) is 0 Å². The molecule has 17 heavy (non-hydrogen) atoms. The van der Waals surface area contributed by atoms with Crippen LogP contribution in [-0.4, -0.2) is 12.0 Å². The molecule has 1 heterocycles. The van der Waals surface area contributed by atoms with E-state index in [0.29, 0.717) is 24.0 Å². The topological polar surface area (TPSA) is 29.4 Å². The summed E-state index contributed by atoms with van der Waals surface area (Å²) in [6.07, 6.45) is -3.33. The summed E-state index contributed by atoms with van der Waals surface area (Å²) >= 11 is 0. The van der Waals surface area contributed by atoms with E-state index in [1.165, 1.54) is 6.07 Å². The molecule has 0 bridgehead atoms. The van der Waals surface area contributed by atoms with Crippen LogP contribution in [0.2, 0.25) is 0 Å². The number of fused-ring (bicyclic) bond motifs is 1. The number of halogens is 3. The van der Waals surface area contributed by atoms with E-state index in [0.717, 1.165) is 17.8 Å². The summed E-state index contributed by atoms with van der Waals surface area (Å²) in [5.41, 5.74) is 0.839. The Kier molecular flexibility index (Phi) is 2.77. The molecule has 1 aromatic carbocycles. The summed E-state index contributed by atoms with van der Waals surface area (Å²) in [6.45, 7) is 1.76. The average molecular weight is 241 g/mol.